The van der Waals surface area contributed by atoms with E-state index in [0.29, 0.717) is 31.5 Å². The maximum absolute atomic E-state index is 12.2. The van der Waals surface area contributed by atoms with Crippen molar-refractivity contribution in [2.24, 2.45) is 0 Å². The van der Waals surface area contributed by atoms with Gasteiger partial charge in [0.05, 0.1) is 22.9 Å². The molecule has 0 aliphatic carbocycles. The Morgan fingerprint density at radius 3 is 2.58 bits per heavy atom. The fourth-order valence-corrected chi connectivity index (χ4v) is 3.60. The molecular weight excluding hydrogens is 330 g/mol. The van der Waals surface area contributed by atoms with Gasteiger partial charge in [0.1, 0.15) is 17.4 Å². The lowest BCUT2D eigenvalue weighted by Gasteiger charge is -2.40. The van der Waals surface area contributed by atoms with Gasteiger partial charge in [-0.25, -0.2) is 14.8 Å². The zero-order valence-electron chi connectivity index (χ0n) is 14.0. The number of piperidine rings is 1. The number of carbonyl (C=O) groups is 1. The predicted molar refractivity (Wildman–Crippen MR) is 95.7 cm³/mol. The second-order valence-corrected chi connectivity index (χ2v) is 6.44. The highest BCUT2D eigenvalue weighted by atomic mass is 16.4. The minimum atomic E-state index is -1.01. The maximum Gasteiger partial charge on any atom is 0.330 e. The summed E-state index contributed by atoms with van der Waals surface area (Å²) in [6.07, 6.45) is 4.07. The van der Waals surface area contributed by atoms with Gasteiger partial charge in [0, 0.05) is 19.3 Å². The van der Waals surface area contributed by atoms with Crippen molar-refractivity contribution in [2.75, 3.05) is 18.0 Å². The molecule has 0 saturated carbocycles. The molecule has 0 atom stereocenters. The van der Waals surface area contributed by atoms with Crippen LogP contribution in [0, 0.1) is 11.3 Å². The molecule has 0 radical (unpaired) electrons. The summed E-state index contributed by atoms with van der Waals surface area (Å²) < 4.78 is 1.80. The van der Waals surface area contributed by atoms with Gasteiger partial charge in [-0.15, -0.1) is 0 Å². The summed E-state index contributed by atoms with van der Waals surface area (Å²) in [5, 5.41) is 18.9. The van der Waals surface area contributed by atoms with Crippen LogP contribution >= 0.6 is 0 Å². The SMILES string of the molecule is N#Cc1ccc(N2CCC(C(=O)O)(n3cnc4ccccc43)CC2)nc1. The van der Waals surface area contributed by atoms with Crippen LogP contribution in [-0.2, 0) is 10.3 Å². The Hall–Kier alpha value is -3.40. The molecule has 1 aliphatic rings. The third-order valence-corrected chi connectivity index (χ3v) is 5.10. The zero-order valence-corrected chi connectivity index (χ0v) is 14.0. The second-order valence-electron chi connectivity index (χ2n) is 6.44. The number of fused-ring (bicyclic) bond motifs is 1. The molecule has 1 fully saturated rings. The Bertz CT molecular complexity index is 995. The van der Waals surface area contributed by atoms with Crippen molar-refractivity contribution in [3.05, 3.63) is 54.5 Å². The van der Waals surface area contributed by atoms with E-state index < -0.39 is 11.5 Å². The number of rotatable bonds is 3. The molecule has 130 valence electrons. The largest absolute Gasteiger partial charge is 0.479 e. The van der Waals surface area contributed by atoms with Gasteiger partial charge in [0.2, 0.25) is 0 Å². The summed E-state index contributed by atoms with van der Waals surface area (Å²) in [4.78, 5) is 23.0. The molecule has 1 saturated heterocycles. The van der Waals surface area contributed by atoms with Crippen LogP contribution in [0.1, 0.15) is 18.4 Å². The molecule has 1 aliphatic heterocycles. The van der Waals surface area contributed by atoms with Crippen LogP contribution in [0.15, 0.2) is 48.9 Å². The number of carboxylic acids is 1. The van der Waals surface area contributed by atoms with Gasteiger partial charge in [-0.2, -0.15) is 5.26 Å². The van der Waals surface area contributed by atoms with E-state index in [-0.39, 0.29) is 0 Å². The van der Waals surface area contributed by atoms with E-state index in [1.807, 2.05) is 24.3 Å². The van der Waals surface area contributed by atoms with E-state index in [1.165, 1.54) is 6.20 Å². The summed E-state index contributed by atoms with van der Waals surface area (Å²) >= 11 is 0. The number of para-hydroxylation sites is 2. The summed E-state index contributed by atoms with van der Waals surface area (Å²) in [6.45, 7) is 1.13. The van der Waals surface area contributed by atoms with Crippen molar-refractivity contribution in [1.29, 1.82) is 5.26 Å². The minimum absolute atomic E-state index is 0.449. The van der Waals surface area contributed by atoms with Gasteiger partial charge in [0.25, 0.3) is 0 Å². The summed E-state index contributed by atoms with van der Waals surface area (Å²) in [5.74, 6) is -0.0773. The van der Waals surface area contributed by atoms with E-state index in [2.05, 4.69) is 20.9 Å². The Morgan fingerprint density at radius 1 is 1.15 bits per heavy atom. The monoisotopic (exact) mass is 347 g/mol. The van der Waals surface area contributed by atoms with Crippen LogP contribution in [0.5, 0.6) is 0 Å². The van der Waals surface area contributed by atoms with Gasteiger partial charge < -0.3 is 14.6 Å². The summed E-state index contributed by atoms with van der Waals surface area (Å²) in [6, 6.07) is 13.2. The molecule has 2 aromatic heterocycles. The highest BCUT2D eigenvalue weighted by molar-refractivity contribution is 5.82. The molecule has 3 heterocycles. The predicted octanol–water partition coefficient (Wildman–Crippen LogP) is 2.38. The molecule has 7 nitrogen and oxygen atoms in total. The van der Waals surface area contributed by atoms with Gasteiger partial charge in [-0.05, 0) is 37.1 Å². The van der Waals surface area contributed by atoms with Crippen LogP contribution in [0.2, 0.25) is 0 Å². The average molecular weight is 347 g/mol. The quantitative estimate of drug-likeness (QED) is 0.781. The van der Waals surface area contributed by atoms with Crippen LogP contribution in [0.3, 0.4) is 0 Å². The molecule has 4 rings (SSSR count). The van der Waals surface area contributed by atoms with Crippen LogP contribution in [0.25, 0.3) is 11.0 Å². The summed E-state index contributed by atoms with van der Waals surface area (Å²) in [5.41, 5.74) is 1.12. The number of hydrogen-bond donors (Lipinski definition) is 1. The van der Waals surface area contributed by atoms with E-state index in [4.69, 9.17) is 5.26 Å². The van der Waals surface area contributed by atoms with Crippen molar-refractivity contribution >= 4 is 22.8 Å². The molecule has 3 aromatic rings. The molecule has 0 bridgehead atoms. The standard InChI is InChI=1S/C19H17N5O2/c20-11-14-5-6-17(21-12-14)23-9-7-19(8-10-23,18(25)26)24-13-22-15-3-1-2-4-16(15)24/h1-6,12-13H,7-10H2,(H,25,26). The number of pyridine rings is 1. The Labute approximate surface area is 150 Å². The first-order chi connectivity index (χ1) is 12.6. The zero-order chi connectivity index (χ0) is 18.1. The van der Waals surface area contributed by atoms with Crippen LogP contribution in [-0.4, -0.2) is 38.7 Å². The highest BCUT2D eigenvalue weighted by Crippen LogP contribution is 2.34. The fraction of sp³-hybridized carbons (Fsp3) is 0.263. The van der Waals surface area contributed by atoms with Crippen molar-refractivity contribution < 1.29 is 9.90 Å². The molecule has 1 aromatic carbocycles. The molecule has 7 heteroatoms. The van der Waals surface area contributed by atoms with E-state index >= 15 is 0 Å². The van der Waals surface area contributed by atoms with E-state index in [1.54, 1.807) is 23.0 Å². The number of carboxylic acid groups (broad SMARTS) is 1. The minimum Gasteiger partial charge on any atom is -0.479 e. The van der Waals surface area contributed by atoms with Crippen molar-refractivity contribution in [3.63, 3.8) is 0 Å². The first-order valence-electron chi connectivity index (χ1n) is 8.41. The molecule has 0 amide bonds. The van der Waals surface area contributed by atoms with Crippen molar-refractivity contribution in [3.8, 4) is 6.07 Å². The topological polar surface area (TPSA) is 95.0 Å². The molecular formula is C19H17N5O2. The van der Waals surface area contributed by atoms with Crippen LogP contribution in [0.4, 0.5) is 5.82 Å². The van der Waals surface area contributed by atoms with E-state index in [9.17, 15) is 9.90 Å². The van der Waals surface area contributed by atoms with Crippen LogP contribution < -0.4 is 4.90 Å². The van der Waals surface area contributed by atoms with Gasteiger partial charge in [0.15, 0.2) is 0 Å². The second kappa shape index (κ2) is 6.15. The van der Waals surface area contributed by atoms with Crippen molar-refractivity contribution in [2.45, 2.75) is 18.4 Å². The van der Waals surface area contributed by atoms with Crippen molar-refractivity contribution in [1.82, 2.24) is 14.5 Å². The molecule has 26 heavy (non-hydrogen) atoms. The number of aromatic nitrogens is 3. The Balaban J connectivity index is 1.63. The van der Waals surface area contributed by atoms with E-state index in [0.717, 1.165) is 16.9 Å². The average Bonchev–Trinajstić information content (AvgIpc) is 3.12. The number of benzene rings is 1. The molecule has 1 N–H and O–H groups in total. The third-order valence-electron chi connectivity index (χ3n) is 5.10. The number of nitrogens with zero attached hydrogens (tertiary/aromatic N) is 5. The number of nitriles is 1. The lowest BCUT2D eigenvalue weighted by Crippen LogP contribution is -2.51. The first kappa shape index (κ1) is 16.1. The molecule has 0 unspecified atom stereocenters. The number of aliphatic carboxylic acids is 1. The van der Waals surface area contributed by atoms with Gasteiger partial charge in [-0.1, -0.05) is 12.1 Å². The maximum atomic E-state index is 12.2. The van der Waals surface area contributed by atoms with Gasteiger partial charge in [-0.3, -0.25) is 0 Å². The lowest BCUT2D eigenvalue weighted by molar-refractivity contribution is -0.148. The Morgan fingerprint density at radius 2 is 1.92 bits per heavy atom. The fourth-order valence-electron chi connectivity index (χ4n) is 3.60. The normalized spacial score (nSPS) is 16.3. The Kier molecular flexibility index (Phi) is 3.81. The molecule has 0 spiro atoms. The number of imidazole rings is 1. The lowest BCUT2D eigenvalue weighted by atomic mass is 9.87. The van der Waals surface area contributed by atoms with Gasteiger partial charge >= 0.3 is 5.97 Å². The highest BCUT2D eigenvalue weighted by Gasteiger charge is 2.44. The summed E-state index contributed by atoms with van der Waals surface area (Å²) in [7, 11) is 0. The number of hydrogen-bond acceptors (Lipinski definition) is 5. The third kappa shape index (κ3) is 2.47. The smallest absolute Gasteiger partial charge is 0.330 e. The first-order valence-corrected chi connectivity index (χ1v) is 8.41. The number of anilines is 1.